The Hall–Kier alpha value is -1.10. The third kappa shape index (κ3) is 3.93. The number of hydrogen-bond donors (Lipinski definition) is 0. The molecule has 0 saturated heterocycles. The molecule has 0 bridgehead atoms. The standard InChI is InChI=1S/C14H17N2OS.ClH/c1-11(17)10-18-14-15-13(9-16(14,2)3)12-7-5-4-6-8-12;/h4-9H,10H2,1-3H3;1H/q+1;/p-1. The second-order valence-corrected chi connectivity index (χ2v) is 5.75. The van der Waals surface area contributed by atoms with E-state index in [9.17, 15) is 4.79 Å². The molecule has 1 heterocycles. The number of rotatable bonds is 3. The van der Waals surface area contributed by atoms with Gasteiger partial charge in [-0.2, -0.15) is 4.99 Å². The first-order valence-corrected chi connectivity index (χ1v) is 6.81. The molecule has 0 N–H and O–H groups in total. The Morgan fingerprint density at radius 2 is 1.89 bits per heavy atom. The van der Waals surface area contributed by atoms with Crippen LogP contribution in [0.15, 0.2) is 41.5 Å². The third-order valence-electron chi connectivity index (χ3n) is 2.63. The Morgan fingerprint density at radius 1 is 1.26 bits per heavy atom. The molecular weight excluding hydrogens is 280 g/mol. The van der Waals surface area contributed by atoms with Crippen molar-refractivity contribution in [3.8, 4) is 0 Å². The SMILES string of the molecule is CC(=O)CSC1=NC(c2ccccc2)=C[N+]1(C)C.[Cl-]. The maximum Gasteiger partial charge on any atom is 0.269 e. The summed E-state index contributed by atoms with van der Waals surface area (Å²) in [4.78, 5) is 15.7. The van der Waals surface area contributed by atoms with Crippen LogP contribution in [0, 0.1) is 0 Å². The monoisotopic (exact) mass is 296 g/mol. The van der Waals surface area contributed by atoms with Gasteiger partial charge in [0.05, 0.1) is 19.8 Å². The molecule has 0 aliphatic carbocycles. The number of carbonyl (C=O) groups excluding carboxylic acids is 1. The lowest BCUT2D eigenvalue weighted by atomic mass is 10.2. The Bertz CT molecular complexity index is 524. The molecule has 2 rings (SSSR count). The van der Waals surface area contributed by atoms with Crippen LogP contribution in [0.2, 0.25) is 0 Å². The predicted molar refractivity (Wildman–Crippen MR) is 77.1 cm³/mol. The first-order chi connectivity index (χ1) is 8.49. The van der Waals surface area contributed by atoms with Crippen LogP contribution in [0.1, 0.15) is 12.5 Å². The van der Waals surface area contributed by atoms with Gasteiger partial charge in [0, 0.05) is 5.56 Å². The van der Waals surface area contributed by atoms with E-state index in [1.54, 1.807) is 6.92 Å². The number of quaternary nitrogens is 1. The molecule has 1 aromatic carbocycles. The molecule has 0 fully saturated rings. The summed E-state index contributed by atoms with van der Waals surface area (Å²) in [5.41, 5.74) is 2.09. The average molecular weight is 297 g/mol. The van der Waals surface area contributed by atoms with E-state index in [1.807, 2.05) is 30.3 Å². The number of hydrogen-bond acceptors (Lipinski definition) is 3. The van der Waals surface area contributed by atoms with Crippen LogP contribution < -0.4 is 12.4 Å². The maximum absolute atomic E-state index is 11.1. The molecule has 5 heteroatoms. The van der Waals surface area contributed by atoms with Crippen molar-refractivity contribution in [2.24, 2.45) is 4.99 Å². The fraction of sp³-hybridized carbons (Fsp3) is 0.286. The van der Waals surface area contributed by atoms with E-state index in [0.717, 1.165) is 16.4 Å². The van der Waals surface area contributed by atoms with Crippen molar-refractivity contribution in [3.05, 3.63) is 42.1 Å². The van der Waals surface area contributed by atoms with E-state index < -0.39 is 0 Å². The zero-order valence-corrected chi connectivity index (χ0v) is 12.8. The van der Waals surface area contributed by atoms with Crippen LogP contribution in [0.4, 0.5) is 0 Å². The number of halogens is 1. The summed E-state index contributed by atoms with van der Waals surface area (Å²) in [6, 6.07) is 10.1. The van der Waals surface area contributed by atoms with Crippen LogP contribution in [0.3, 0.4) is 0 Å². The number of amidine groups is 1. The molecule has 1 aliphatic rings. The fourth-order valence-electron chi connectivity index (χ4n) is 1.73. The molecular formula is C14H17ClN2OS. The van der Waals surface area contributed by atoms with Crippen molar-refractivity contribution in [3.63, 3.8) is 0 Å². The van der Waals surface area contributed by atoms with Crippen molar-refractivity contribution in [2.75, 3.05) is 19.8 Å². The van der Waals surface area contributed by atoms with Crippen LogP contribution in [0.25, 0.3) is 5.70 Å². The zero-order chi connectivity index (χ0) is 13.2. The van der Waals surface area contributed by atoms with Crippen molar-refractivity contribution < 1.29 is 21.7 Å². The normalized spacial score (nSPS) is 16.4. The number of benzene rings is 1. The summed E-state index contributed by atoms with van der Waals surface area (Å²) in [7, 11) is 4.14. The highest BCUT2D eigenvalue weighted by Crippen LogP contribution is 2.29. The van der Waals surface area contributed by atoms with E-state index in [1.165, 1.54) is 11.8 Å². The maximum atomic E-state index is 11.1. The Balaban J connectivity index is 0.00000180. The van der Waals surface area contributed by atoms with Crippen molar-refractivity contribution >= 4 is 28.4 Å². The van der Waals surface area contributed by atoms with Gasteiger partial charge < -0.3 is 12.4 Å². The molecule has 0 aromatic heterocycles. The lowest BCUT2D eigenvalue weighted by Gasteiger charge is -2.20. The molecule has 1 aromatic rings. The number of thioether (sulfide) groups is 1. The smallest absolute Gasteiger partial charge is 0.269 e. The molecule has 0 atom stereocenters. The number of ketones is 1. The van der Waals surface area contributed by atoms with Gasteiger partial charge in [-0.25, -0.2) is 4.48 Å². The second-order valence-electron chi connectivity index (χ2n) is 4.81. The summed E-state index contributed by atoms with van der Waals surface area (Å²) in [6.45, 7) is 1.61. The molecule has 0 saturated carbocycles. The van der Waals surface area contributed by atoms with Gasteiger partial charge in [0.2, 0.25) is 0 Å². The van der Waals surface area contributed by atoms with Crippen LogP contribution in [0.5, 0.6) is 0 Å². The first-order valence-electron chi connectivity index (χ1n) is 5.82. The summed E-state index contributed by atoms with van der Waals surface area (Å²) in [5.74, 6) is 0.659. The molecule has 1 aliphatic heterocycles. The Morgan fingerprint density at radius 3 is 2.47 bits per heavy atom. The molecule has 3 nitrogen and oxygen atoms in total. The first kappa shape index (κ1) is 16.0. The van der Waals surface area contributed by atoms with E-state index in [-0.39, 0.29) is 18.2 Å². The molecule has 19 heavy (non-hydrogen) atoms. The second kappa shape index (κ2) is 6.37. The summed E-state index contributed by atoms with van der Waals surface area (Å²) >= 11 is 1.52. The number of carbonyl (C=O) groups is 1. The van der Waals surface area contributed by atoms with Gasteiger partial charge >= 0.3 is 0 Å². The number of nitrogens with zero attached hydrogens (tertiary/aromatic N) is 2. The van der Waals surface area contributed by atoms with E-state index >= 15 is 0 Å². The van der Waals surface area contributed by atoms with Crippen LogP contribution >= 0.6 is 11.8 Å². The molecule has 0 amide bonds. The highest BCUT2D eigenvalue weighted by molar-refractivity contribution is 8.14. The zero-order valence-electron chi connectivity index (χ0n) is 11.3. The third-order valence-corrected chi connectivity index (χ3v) is 4.00. The minimum atomic E-state index is 0. The fourth-order valence-corrected chi connectivity index (χ4v) is 2.62. The molecule has 102 valence electrons. The van der Waals surface area contributed by atoms with Crippen LogP contribution in [-0.2, 0) is 4.79 Å². The largest absolute Gasteiger partial charge is 1.00 e. The lowest BCUT2D eigenvalue weighted by molar-refractivity contribution is -0.735. The van der Waals surface area contributed by atoms with Gasteiger partial charge in [0.15, 0.2) is 0 Å². The predicted octanol–water partition coefficient (Wildman–Crippen LogP) is -0.243. The molecule has 0 unspecified atom stereocenters. The topological polar surface area (TPSA) is 29.4 Å². The minimum absolute atomic E-state index is 0. The van der Waals surface area contributed by atoms with E-state index in [0.29, 0.717) is 10.2 Å². The average Bonchev–Trinajstić information content (AvgIpc) is 2.63. The van der Waals surface area contributed by atoms with Gasteiger partial charge in [0.25, 0.3) is 5.17 Å². The van der Waals surface area contributed by atoms with Gasteiger partial charge in [-0.3, -0.25) is 4.79 Å². The molecule has 0 spiro atoms. The summed E-state index contributed by atoms with van der Waals surface area (Å²) in [6.07, 6.45) is 2.11. The van der Waals surface area contributed by atoms with Crippen molar-refractivity contribution in [2.45, 2.75) is 6.92 Å². The van der Waals surface area contributed by atoms with E-state index in [2.05, 4.69) is 25.3 Å². The highest BCUT2D eigenvalue weighted by Gasteiger charge is 2.30. The van der Waals surface area contributed by atoms with Crippen LogP contribution in [-0.4, -0.2) is 35.3 Å². The van der Waals surface area contributed by atoms with Gasteiger partial charge in [-0.1, -0.05) is 30.3 Å². The minimum Gasteiger partial charge on any atom is -1.00 e. The summed E-state index contributed by atoms with van der Waals surface area (Å²) < 4.78 is 0.599. The Labute approximate surface area is 124 Å². The molecule has 0 radical (unpaired) electrons. The van der Waals surface area contributed by atoms with Crippen molar-refractivity contribution in [1.29, 1.82) is 0 Å². The van der Waals surface area contributed by atoms with E-state index in [4.69, 9.17) is 0 Å². The van der Waals surface area contributed by atoms with Gasteiger partial charge in [0.1, 0.15) is 17.7 Å². The number of aliphatic imine (C=N–C) groups is 1. The van der Waals surface area contributed by atoms with Gasteiger partial charge in [-0.15, -0.1) is 0 Å². The van der Waals surface area contributed by atoms with Gasteiger partial charge in [-0.05, 0) is 18.7 Å². The Kier molecular flexibility index (Phi) is 5.35. The quantitative estimate of drug-likeness (QED) is 0.721. The lowest BCUT2D eigenvalue weighted by Crippen LogP contribution is -3.00. The van der Waals surface area contributed by atoms with Crippen molar-refractivity contribution in [1.82, 2.24) is 0 Å². The highest BCUT2D eigenvalue weighted by atomic mass is 35.5. The number of Topliss-reactive ketones (excluding diaryl/α,β-unsaturated/α-hetero) is 1. The summed E-state index contributed by atoms with van der Waals surface area (Å²) in [5, 5.41) is 0.962.